The lowest BCUT2D eigenvalue weighted by molar-refractivity contribution is 0.942. The molecule has 1 heterocycles. The molecule has 2 N–H and O–H groups in total. The third-order valence-electron chi connectivity index (χ3n) is 2.71. The molecule has 0 aliphatic carbocycles. The Balaban J connectivity index is 1.95. The number of hydrogen-bond donors (Lipinski definition) is 2. The number of benzene rings is 1. The first-order valence-electron chi connectivity index (χ1n) is 6.20. The molecule has 0 radical (unpaired) electrons. The molecule has 0 unspecified atom stereocenters. The Morgan fingerprint density at radius 1 is 1.11 bits per heavy atom. The molecular formula is C14H18N4S. The van der Waals surface area contributed by atoms with E-state index in [1.807, 2.05) is 25.4 Å². The van der Waals surface area contributed by atoms with Crippen molar-refractivity contribution >= 4 is 23.4 Å². The maximum Gasteiger partial charge on any atom is 0.191 e. The van der Waals surface area contributed by atoms with E-state index < -0.39 is 0 Å². The Kier molecular flexibility index (Phi) is 5.03. The van der Waals surface area contributed by atoms with Crippen LogP contribution in [0.15, 0.2) is 41.6 Å². The number of aromatic nitrogens is 2. The number of thioether (sulfide) groups is 1. The van der Waals surface area contributed by atoms with Crippen LogP contribution in [0.25, 0.3) is 0 Å². The average molecular weight is 274 g/mol. The van der Waals surface area contributed by atoms with E-state index in [1.165, 1.54) is 5.56 Å². The minimum atomic E-state index is 0.772. The smallest absolute Gasteiger partial charge is 0.191 e. The van der Waals surface area contributed by atoms with Crippen molar-refractivity contribution in [3.8, 4) is 0 Å². The molecule has 0 aliphatic rings. The molecule has 0 saturated heterocycles. The molecule has 0 saturated carbocycles. The van der Waals surface area contributed by atoms with Crippen LogP contribution in [-0.4, -0.2) is 29.8 Å². The van der Waals surface area contributed by atoms with Gasteiger partial charge in [-0.05, 0) is 18.2 Å². The summed E-state index contributed by atoms with van der Waals surface area (Å²) in [5.74, 6) is 1.70. The Morgan fingerprint density at radius 3 is 2.53 bits per heavy atom. The Morgan fingerprint density at radius 2 is 1.84 bits per heavy atom. The van der Waals surface area contributed by atoms with Gasteiger partial charge in [0.1, 0.15) is 11.6 Å². The fraction of sp³-hybridized carbons (Fsp3) is 0.286. The Bertz CT molecular complexity index is 494. The lowest BCUT2D eigenvalue weighted by Gasteiger charge is -2.08. The van der Waals surface area contributed by atoms with Gasteiger partial charge in [0.15, 0.2) is 5.16 Å². The molecule has 2 rings (SSSR count). The van der Waals surface area contributed by atoms with Gasteiger partial charge < -0.3 is 10.6 Å². The summed E-state index contributed by atoms with van der Waals surface area (Å²) in [6, 6.07) is 12.3. The number of rotatable bonds is 6. The molecule has 0 amide bonds. The van der Waals surface area contributed by atoms with Crippen molar-refractivity contribution in [1.82, 2.24) is 9.97 Å². The molecular weight excluding hydrogens is 256 g/mol. The number of nitrogens with zero attached hydrogens (tertiary/aromatic N) is 2. The van der Waals surface area contributed by atoms with E-state index in [0.717, 1.165) is 29.8 Å². The molecule has 1 aromatic carbocycles. The summed E-state index contributed by atoms with van der Waals surface area (Å²) in [5, 5.41) is 7.16. The number of anilines is 2. The predicted octanol–water partition coefficient (Wildman–Crippen LogP) is 2.89. The average Bonchev–Trinajstić information content (AvgIpc) is 2.48. The van der Waals surface area contributed by atoms with Gasteiger partial charge in [-0.2, -0.15) is 0 Å². The molecule has 1 aromatic heterocycles. The lowest BCUT2D eigenvalue weighted by Crippen LogP contribution is -2.08. The van der Waals surface area contributed by atoms with Crippen molar-refractivity contribution in [2.75, 3.05) is 30.5 Å². The van der Waals surface area contributed by atoms with Crippen molar-refractivity contribution in [3.63, 3.8) is 0 Å². The fourth-order valence-electron chi connectivity index (χ4n) is 1.71. The molecule has 2 aromatic rings. The topological polar surface area (TPSA) is 49.8 Å². The zero-order valence-electron chi connectivity index (χ0n) is 11.2. The van der Waals surface area contributed by atoms with E-state index in [2.05, 4.69) is 44.9 Å². The van der Waals surface area contributed by atoms with E-state index >= 15 is 0 Å². The standard InChI is InChI=1S/C14H18N4S/c1-15-12-10-13(18-14(17-12)19-2)16-9-8-11-6-4-3-5-7-11/h3-7,10H,8-9H2,1-2H3,(H2,15,16,17,18). The van der Waals surface area contributed by atoms with Crippen LogP contribution in [0.5, 0.6) is 0 Å². The maximum atomic E-state index is 4.43. The van der Waals surface area contributed by atoms with Gasteiger partial charge in [-0.15, -0.1) is 0 Å². The maximum absolute atomic E-state index is 4.43. The first kappa shape index (κ1) is 13.7. The highest BCUT2D eigenvalue weighted by atomic mass is 32.2. The van der Waals surface area contributed by atoms with E-state index in [1.54, 1.807) is 11.8 Å². The van der Waals surface area contributed by atoms with Crippen LogP contribution in [0.2, 0.25) is 0 Å². The first-order chi connectivity index (χ1) is 9.31. The minimum absolute atomic E-state index is 0.772. The van der Waals surface area contributed by atoms with Gasteiger partial charge in [0, 0.05) is 19.7 Å². The summed E-state index contributed by atoms with van der Waals surface area (Å²) in [7, 11) is 1.86. The quantitative estimate of drug-likeness (QED) is 0.626. The van der Waals surface area contributed by atoms with Crippen molar-refractivity contribution in [2.24, 2.45) is 0 Å². The summed E-state index contributed by atoms with van der Waals surface area (Å²) >= 11 is 1.54. The molecule has 0 aliphatic heterocycles. The highest BCUT2D eigenvalue weighted by molar-refractivity contribution is 7.98. The molecule has 5 heteroatoms. The summed E-state index contributed by atoms with van der Waals surface area (Å²) in [6.45, 7) is 0.859. The summed E-state index contributed by atoms with van der Waals surface area (Å²) in [4.78, 5) is 8.77. The van der Waals surface area contributed by atoms with Crippen LogP contribution in [0.4, 0.5) is 11.6 Å². The first-order valence-corrected chi connectivity index (χ1v) is 7.43. The van der Waals surface area contributed by atoms with E-state index in [4.69, 9.17) is 0 Å². The van der Waals surface area contributed by atoms with Gasteiger partial charge in [-0.25, -0.2) is 9.97 Å². The van der Waals surface area contributed by atoms with Gasteiger partial charge in [0.25, 0.3) is 0 Å². The summed E-state index contributed by atoms with van der Waals surface area (Å²) < 4.78 is 0. The monoisotopic (exact) mass is 274 g/mol. The van der Waals surface area contributed by atoms with Crippen molar-refractivity contribution in [1.29, 1.82) is 0 Å². The SMILES string of the molecule is CNc1cc(NCCc2ccccc2)nc(SC)n1. The lowest BCUT2D eigenvalue weighted by atomic mass is 10.1. The van der Waals surface area contributed by atoms with E-state index in [9.17, 15) is 0 Å². The Hall–Kier alpha value is -1.75. The van der Waals surface area contributed by atoms with Crippen LogP contribution in [0, 0.1) is 0 Å². The molecule has 19 heavy (non-hydrogen) atoms. The zero-order valence-corrected chi connectivity index (χ0v) is 12.0. The fourth-order valence-corrected chi connectivity index (χ4v) is 2.09. The highest BCUT2D eigenvalue weighted by Crippen LogP contribution is 2.16. The second kappa shape index (κ2) is 6.99. The number of nitrogens with one attached hydrogen (secondary N) is 2. The molecule has 0 bridgehead atoms. The van der Waals surface area contributed by atoms with Gasteiger partial charge in [-0.3, -0.25) is 0 Å². The van der Waals surface area contributed by atoms with Crippen LogP contribution >= 0.6 is 11.8 Å². The zero-order chi connectivity index (χ0) is 13.5. The van der Waals surface area contributed by atoms with Crippen molar-refractivity contribution in [3.05, 3.63) is 42.0 Å². The molecule has 4 nitrogen and oxygen atoms in total. The molecule has 0 fully saturated rings. The molecule has 100 valence electrons. The predicted molar refractivity (Wildman–Crippen MR) is 82.0 cm³/mol. The largest absolute Gasteiger partial charge is 0.373 e. The van der Waals surface area contributed by atoms with Crippen LogP contribution in [0.3, 0.4) is 0 Å². The number of hydrogen-bond acceptors (Lipinski definition) is 5. The van der Waals surface area contributed by atoms with E-state index in [0.29, 0.717) is 0 Å². The van der Waals surface area contributed by atoms with Crippen molar-refractivity contribution in [2.45, 2.75) is 11.6 Å². The third-order valence-corrected chi connectivity index (χ3v) is 3.25. The third kappa shape index (κ3) is 4.13. The summed E-state index contributed by atoms with van der Waals surface area (Å²) in [5.41, 5.74) is 1.32. The normalized spacial score (nSPS) is 10.2. The molecule has 0 atom stereocenters. The second-order valence-corrected chi connectivity index (χ2v) is 4.81. The van der Waals surface area contributed by atoms with E-state index in [-0.39, 0.29) is 0 Å². The van der Waals surface area contributed by atoms with Crippen LogP contribution in [0.1, 0.15) is 5.56 Å². The van der Waals surface area contributed by atoms with Gasteiger partial charge in [0.2, 0.25) is 0 Å². The van der Waals surface area contributed by atoms with Crippen LogP contribution in [-0.2, 0) is 6.42 Å². The molecule has 0 spiro atoms. The van der Waals surface area contributed by atoms with Gasteiger partial charge >= 0.3 is 0 Å². The van der Waals surface area contributed by atoms with Crippen molar-refractivity contribution < 1.29 is 0 Å². The second-order valence-electron chi connectivity index (χ2n) is 4.04. The Labute approximate surface area is 118 Å². The highest BCUT2D eigenvalue weighted by Gasteiger charge is 2.02. The van der Waals surface area contributed by atoms with Gasteiger partial charge in [-0.1, -0.05) is 42.1 Å². The van der Waals surface area contributed by atoms with Crippen LogP contribution < -0.4 is 10.6 Å². The summed E-state index contributed by atoms with van der Waals surface area (Å²) in [6.07, 6.45) is 2.96. The minimum Gasteiger partial charge on any atom is -0.373 e. The van der Waals surface area contributed by atoms with Gasteiger partial charge in [0.05, 0.1) is 0 Å².